The number of rotatable bonds is 7. The van der Waals surface area contributed by atoms with Crippen molar-refractivity contribution >= 4 is 41.5 Å². The number of hydrogen-bond acceptors (Lipinski definition) is 5. The first-order valence-electron chi connectivity index (χ1n) is 12.7. The summed E-state index contributed by atoms with van der Waals surface area (Å²) in [4.78, 5) is 17.6. The SMILES string of the molecule is COc1cccc(C(=O)NC2CCN(Cc3ccc4ccc(CN5CCOCC5)cc4c3)CC2)c1.Cl.Cl. The smallest absolute Gasteiger partial charge is 0.251 e. The summed E-state index contributed by atoms with van der Waals surface area (Å²) in [7, 11) is 1.62. The minimum absolute atomic E-state index is 0. The molecule has 2 fully saturated rings. The van der Waals surface area contributed by atoms with E-state index in [1.807, 2.05) is 18.2 Å². The van der Waals surface area contributed by atoms with Crippen LogP contribution < -0.4 is 10.1 Å². The zero-order chi connectivity index (χ0) is 24.0. The Kier molecular flexibility index (Phi) is 11.0. The van der Waals surface area contributed by atoms with E-state index in [9.17, 15) is 4.79 Å². The van der Waals surface area contributed by atoms with Gasteiger partial charge in [0.2, 0.25) is 0 Å². The second kappa shape index (κ2) is 14.0. The van der Waals surface area contributed by atoms with Crippen LogP contribution in [0.5, 0.6) is 5.75 Å². The molecule has 1 N–H and O–H groups in total. The number of hydrogen-bond donors (Lipinski definition) is 1. The summed E-state index contributed by atoms with van der Waals surface area (Å²) in [5, 5.41) is 5.81. The molecule has 0 unspecified atom stereocenters. The normalized spacial score (nSPS) is 17.0. The van der Waals surface area contributed by atoms with Crippen molar-refractivity contribution in [2.45, 2.75) is 32.0 Å². The molecule has 0 radical (unpaired) electrons. The lowest BCUT2D eigenvalue weighted by Crippen LogP contribution is -2.44. The van der Waals surface area contributed by atoms with Gasteiger partial charge < -0.3 is 14.8 Å². The van der Waals surface area contributed by atoms with Gasteiger partial charge in [-0.3, -0.25) is 14.6 Å². The Morgan fingerprint density at radius 3 is 2.11 bits per heavy atom. The Hall–Kier alpha value is -2.35. The van der Waals surface area contributed by atoms with Crippen LogP contribution in [0.3, 0.4) is 0 Å². The van der Waals surface area contributed by atoms with Crippen molar-refractivity contribution in [3.05, 3.63) is 77.4 Å². The van der Waals surface area contributed by atoms with Crippen LogP contribution in [0.25, 0.3) is 10.8 Å². The Morgan fingerprint density at radius 2 is 1.49 bits per heavy atom. The molecule has 2 aliphatic rings. The van der Waals surface area contributed by atoms with Gasteiger partial charge in [0.1, 0.15) is 5.75 Å². The summed E-state index contributed by atoms with van der Waals surface area (Å²) < 4.78 is 10.7. The predicted octanol–water partition coefficient (Wildman–Crippen LogP) is 4.92. The molecule has 0 atom stereocenters. The van der Waals surface area contributed by atoms with Gasteiger partial charge in [-0.05, 0) is 65.1 Å². The van der Waals surface area contributed by atoms with E-state index in [4.69, 9.17) is 9.47 Å². The maximum absolute atomic E-state index is 12.6. The van der Waals surface area contributed by atoms with E-state index in [-0.39, 0.29) is 36.8 Å². The average molecular weight is 547 g/mol. The predicted molar refractivity (Wildman–Crippen MR) is 153 cm³/mol. The molecule has 6 nitrogen and oxygen atoms in total. The minimum Gasteiger partial charge on any atom is -0.497 e. The third kappa shape index (κ3) is 7.82. The molecule has 0 bridgehead atoms. The van der Waals surface area contributed by atoms with E-state index in [1.165, 1.54) is 21.9 Å². The first-order valence-corrected chi connectivity index (χ1v) is 12.7. The molecule has 37 heavy (non-hydrogen) atoms. The summed E-state index contributed by atoms with van der Waals surface area (Å²) in [6.07, 6.45) is 1.93. The van der Waals surface area contributed by atoms with Crippen LogP contribution in [0.2, 0.25) is 0 Å². The highest BCUT2D eigenvalue weighted by Crippen LogP contribution is 2.22. The second-order valence-electron chi connectivity index (χ2n) is 9.66. The van der Waals surface area contributed by atoms with Crippen molar-refractivity contribution in [1.29, 1.82) is 0 Å². The summed E-state index contributed by atoms with van der Waals surface area (Å²) in [5.74, 6) is 0.681. The number of halogens is 2. The number of likely N-dealkylation sites (tertiary alicyclic amines) is 1. The third-order valence-corrected chi connectivity index (χ3v) is 7.14. The average Bonchev–Trinajstić information content (AvgIpc) is 2.90. The number of piperidine rings is 1. The van der Waals surface area contributed by atoms with Gasteiger partial charge in [0.15, 0.2) is 0 Å². The van der Waals surface area contributed by atoms with E-state index in [1.54, 1.807) is 13.2 Å². The van der Waals surface area contributed by atoms with Gasteiger partial charge in [-0.25, -0.2) is 0 Å². The van der Waals surface area contributed by atoms with Crippen molar-refractivity contribution in [3.8, 4) is 5.75 Å². The van der Waals surface area contributed by atoms with Crippen LogP contribution >= 0.6 is 24.8 Å². The number of benzene rings is 3. The molecular weight excluding hydrogens is 509 g/mol. The van der Waals surface area contributed by atoms with Crippen molar-refractivity contribution in [2.24, 2.45) is 0 Å². The number of methoxy groups -OCH3 is 1. The Morgan fingerprint density at radius 1 is 0.865 bits per heavy atom. The van der Waals surface area contributed by atoms with Crippen LogP contribution in [0.1, 0.15) is 34.3 Å². The van der Waals surface area contributed by atoms with E-state index in [2.05, 4.69) is 51.5 Å². The Labute approximate surface area is 232 Å². The number of amides is 1. The van der Waals surface area contributed by atoms with Crippen LogP contribution in [-0.2, 0) is 17.8 Å². The zero-order valence-electron chi connectivity index (χ0n) is 21.4. The highest BCUT2D eigenvalue weighted by Gasteiger charge is 2.21. The lowest BCUT2D eigenvalue weighted by atomic mass is 10.0. The van der Waals surface area contributed by atoms with Gasteiger partial charge in [0, 0.05) is 50.9 Å². The molecule has 0 aromatic heterocycles. The fourth-order valence-electron chi connectivity index (χ4n) is 5.09. The third-order valence-electron chi connectivity index (χ3n) is 7.14. The highest BCUT2D eigenvalue weighted by molar-refractivity contribution is 5.94. The summed E-state index contributed by atoms with van der Waals surface area (Å²) >= 11 is 0. The fraction of sp³-hybridized carbons (Fsp3) is 0.414. The van der Waals surface area contributed by atoms with E-state index >= 15 is 0 Å². The van der Waals surface area contributed by atoms with Crippen LogP contribution in [-0.4, -0.2) is 68.3 Å². The molecular formula is C29H37Cl2N3O3. The second-order valence-corrected chi connectivity index (χ2v) is 9.66. The number of ether oxygens (including phenoxy) is 2. The van der Waals surface area contributed by atoms with Crippen LogP contribution in [0.4, 0.5) is 0 Å². The molecule has 0 spiro atoms. The fourth-order valence-corrected chi connectivity index (χ4v) is 5.09. The number of carbonyl (C=O) groups excluding carboxylic acids is 1. The maximum Gasteiger partial charge on any atom is 0.251 e. The monoisotopic (exact) mass is 545 g/mol. The topological polar surface area (TPSA) is 54.0 Å². The molecule has 0 saturated carbocycles. The molecule has 200 valence electrons. The molecule has 8 heteroatoms. The number of fused-ring (bicyclic) bond motifs is 1. The van der Waals surface area contributed by atoms with E-state index in [0.717, 1.165) is 65.3 Å². The highest BCUT2D eigenvalue weighted by atomic mass is 35.5. The maximum atomic E-state index is 12.6. The van der Waals surface area contributed by atoms with Crippen LogP contribution in [0.15, 0.2) is 60.7 Å². The molecule has 2 saturated heterocycles. The molecule has 2 aliphatic heterocycles. The lowest BCUT2D eigenvalue weighted by Gasteiger charge is -2.32. The van der Waals surface area contributed by atoms with Gasteiger partial charge in [0.25, 0.3) is 5.91 Å². The van der Waals surface area contributed by atoms with Gasteiger partial charge in [-0.2, -0.15) is 0 Å². The molecule has 1 amide bonds. The van der Waals surface area contributed by atoms with Gasteiger partial charge in [-0.1, -0.05) is 30.3 Å². The van der Waals surface area contributed by atoms with Gasteiger partial charge in [-0.15, -0.1) is 24.8 Å². The minimum atomic E-state index is -0.0234. The molecule has 5 rings (SSSR count). The molecule has 0 aliphatic carbocycles. The zero-order valence-corrected chi connectivity index (χ0v) is 23.0. The van der Waals surface area contributed by atoms with Crippen molar-refractivity contribution in [3.63, 3.8) is 0 Å². The quantitative estimate of drug-likeness (QED) is 0.456. The molecule has 3 aromatic carbocycles. The number of carbonyl (C=O) groups is 1. The lowest BCUT2D eigenvalue weighted by molar-refractivity contribution is 0.0342. The summed E-state index contributed by atoms with van der Waals surface area (Å²) in [6.45, 7) is 7.58. The van der Waals surface area contributed by atoms with Crippen molar-refractivity contribution in [2.75, 3.05) is 46.5 Å². The number of nitrogens with one attached hydrogen (secondary N) is 1. The van der Waals surface area contributed by atoms with E-state index < -0.39 is 0 Å². The molecule has 3 aromatic rings. The van der Waals surface area contributed by atoms with Crippen molar-refractivity contribution in [1.82, 2.24) is 15.1 Å². The number of morpholine rings is 1. The first-order chi connectivity index (χ1) is 17.2. The van der Waals surface area contributed by atoms with E-state index in [0.29, 0.717) is 11.3 Å². The van der Waals surface area contributed by atoms with Crippen molar-refractivity contribution < 1.29 is 14.3 Å². The van der Waals surface area contributed by atoms with Crippen LogP contribution in [0, 0.1) is 0 Å². The summed E-state index contributed by atoms with van der Waals surface area (Å²) in [5.41, 5.74) is 3.36. The standard InChI is InChI=1S/C29H35N3O3.2ClH/c1-34-28-4-2-3-25(19-28)29(33)30-27-9-11-31(12-10-27)20-22-5-7-24-8-6-23(18-26(24)17-22)21-32-13-15-35-16-14-32;;/h2-8,17-19,27H,9-16,20-21H2,1H3,(H,30,33);2*1H. The largest absolute Gasteiger partial charge is 0.497 e. The Bertz CT molecular complexity index is 1160. The number of nitrogens with zero attached hydrogens (tertiary/aromatic N) is 2. The Balaban J connectivity index is 0.00000190. The summed E-state index contributed by atoms with van der Waals surface area (Å²) in [6, 6.07) is 21.2. The van der Waals surface area contributed by atoms with Gasteiger partial charge >= 0.3 is 0 Å². The first kappa shape index (κ1) is 29.2. The van der Waals surface area contributed by atoms with Gasteiger partial charge in [0.05, 0.1) is 20.3 Å². The molecule has 2 heterocycles.